The molecule has 1 aromatic rings. The van der Waals surface area contributed by atoms with E-state index < -0.39 is 0 Å². The number of fused-ring (bicyclic) bond motifs is 1. The van der Waals surface area contributed by atoms with Crippen molar-refractivity contribution >= 4 is 17.2 Å². The normalized spacial score (nSPS) is 16.4. The minimum Gasteiger partial charge on any atom is -0.484 e. The zero-order valence-corrected chi connectivity index (χ0v) is 9.19. The first-order chi connectivity index (χ1) is 7.79. The summed E-state index contributed by atoms with van der Waals surface area (Å²) in [6, 6.07) is 5.50. The average Bonchev–Trinajstić information content (AvgIpc) is 2.29. The molecule has 5 heteroatoms. The Kier molecular flexibility index (Phi) is 3.26. The zero-order chi connectivity index (χ0) is 11.4. The summed E-state index contributed by atoms with van der Waals surface area (Å²) in [5, 5.41) is 3.19. The van der Waals surface area contributed by atoms with Crippen LogP contribution in [0.4, 0.5) is 11.4 Å². The fraction of sp³-hybridized carbons (Fsp3) is 0.364. The van der Waals surface area contributed by atoms with Crippen molar-refractivity contribution in [2.45, 2.75) is 0 Å². The molecular formula is C11H15N3O2. The second-order valence-corrected chi connectivity index (χ2v) is 3.49. The highest BCUT2D eigenvalue weighted by Crippen LogP contribution is 2.29. The Bertz CT molecular complexity index is 404. The second kappa shape index (κ2) is 4.85. The summed E-state index contributed by atoms with van der Waals surface area (Å²) in [6.45, 7) is 1.69. The van der Waals surface area contributed by atoms with E-state index in [1.54, 1.807) is 7.11 Å². The Morgan fingerprint density at radius 1 is 1.56 bits per heavy atom. The topological polar surface area (TPSA) is 68.9 Å². The van der Waals surface area contributed by atoms with Gasteiger partial charge in [0.25, 0.3) is 0 Å². The summed E-state index contributed by atoms with van der Waals surface area (Å²) in [7, 11) is 1.65. The summed E-state index contributed by atoms with van der Waals surface area (Å²) in [5.74, 6) is 1.61. The fourth-order valence-corrected chi connectivity index (χ4v) is 1.47. The number of anilines is 2. The third-order valence-electron chi connectivity index (χ3n) is 2.25. The number of hydrogen-bond donors (Lipinski definition) is 2. The van der Waals surface area contributed by atoms with E-state index in [0.29, 0.717) is 25.4 Å². The maximum atomic E-state index is 5.69. The lowest BCUT2D eigenvalue weighted by Gasteiger charge is -2.21. The highest BCUT2D eigenvalue weighted by molar-refractivity contribution is 5.99. The number of aliphatic imine (C=N–C) groups is 1. The molecule has 0 bridgehead atoms. The molecule has 0 aliphatic carbocycles. The number of nitrogens with zero attached hydrogens (tertiary/aromatic N) is 1. The minimum absolute atomic E-state index is 0.459. The molecule has 1 aliphatic rings. The summed E-state index contributed by atoms with van der Waals surface area (Å²) in [4.78, 5) is 4.32. The predicted molar refractivity (Wildman–Crippen MR) is 64.2 cm³/mol. The largest absolute Gasteiger partial charge is 0.484 e. The number of hydrogen-bond acceptors (Lipinski definition) is 4. The van der Waals surface area contributed by atoms with Crippen LogP contribution < -0.4 is 15.8 Å². The van der Waals surface area contributed by atoms with Gasteiger partial charge in [-0.05, 0) is 18.2 Å². The van der Waals surface area contributed by atoms with Gasteiger partial charge in [-0.1, -0.05) is 0 Å². The van der Waals surface area contributed by atoms with E-state index >= 15 is 0 Å². The number of methoxy groups -OCH3 is 1. The number of benzene rings is 1. The van der Waals surface area contributed by atoms with Crippen LogP contribution >= 0.6 is 0 Å². The van der Waals surface area contributed by atoms with Gasteiger partial charge in [0.2, 0.25) is 0 Å². The van der Waals surface area contributed by atoms with E-state index in [1.807, 2.05) is 18.2 Å². The summed E-state index contributed by atoms with van der Waals surface area (Å²) in [6.07, 6.45) is 0. The molecule has 3 N–H and O–H groups in total. The Morgan fingerprint density at radius 2 is 2.44 bits per heavy atom. The zero-order valence-electron chi connectivity index (χ0n) is 9.19. The number of ether oxygens (including phenoxy) is 2. The standard InChI is InChI=1S/C11H15N3O2/c1-15-5-4-13-11-7-16-10-3-2-8(12)6-9(10)14-11/h2-3,6H,4-5,7,12H2,1H3,(H,13,14). The molecule has 0 aromatic heterocycles. The van der Waals surface area contributed by atoms with Crippen molar-refractivity contribution in [1.82, 2.24) is 0 Å². The Labute approximate surface area is 94.3 Å². The van der Waals surface area contributed by atoms with Crippen molar-refractivity contribution in [2.75, 3.05) is 37.9 Å². The number of rotatable bonds is 3. The third kappa shape index (κ3) is 2.43. The molecule has 0 atom stereocenters. The van der Waals surface area contributed by atoms with Crippen molar-refractivity contribution in [3.05, 3.63) is 18.2 Å². The molecule has 1 aliphatic heterocycles. The molecule has 1 aromatic carbocycles. The SMILES string of the molecule is COCCN=C1COc2ccc(N)cc2N1. The van der Waals surface area contributed by atoms with Crippen LogP contribution in [0.2, 0.25) is 0 Å². The average molecular weight is 221 g/mol. The van der Waals surface area contributed by atoms with Crippen LogP contribution in [0.25, 0.3) is 0 Å². The van der Waals surface area contributed by atoms with Gasteiger partial charge in [-0.3, -0.25) is 4.99 Å². The van der Waals surface area contributed by atoms with Crippen LogP contribution in [0, 0.1) is 0 Å². The molecule has 0 amide bonds. The minimum atomic E-state index is 0.459. The van der Waals surface area contributed by atoms with Gasteiger partial charge in [0.15, 0.2) is 0 Å². The fourth-order valence-electron chi connectivity index (χ4n) is 1.47. The predicted octanol–water partition coefficient (Wildman–Crippen LogP) is 1.12. The van der Waals surface area contributed by atoms with Crippen molar-refractivity contribution in [3.8, 4) is 5.75 Å². The van der Waals surface area contributed by atoms with E-state index in [2.05, 4.69) is 10.3 Å². The molecule has 16 heavy (non-hydrogen) atoms. The van der Waals surface area contributed by atoms with Gasteiger partial charge >= 0.3 is 0 Å². The van der Waals surface area contributed by atoms with Gasteiger partial charge in [-0.15, -0.1) is 0 Å². The third-order valence-corrected chi connectivity index (χ3v) is 2.25. The van der Waals surface area contributed by atoms with Crippen molar-refractivity contribution < 1.29 is 9.47 Å². The van der Waals surface area contributed by atoms with Gasteiger partial charge in [0, 0.05) is 12.8 Å². The first-order valence-corrected chi connectivity index (χ1v) is 5.11. The molecule has 0 radical (unpaired) electrons. The van der Waals surface area contributed by atoms with E-state index in [9.17, 15) is 0 Å². The molecule has 86 valence electrons. The maximum Gasteiger partial charge on any atom is 0.146 e. The molecule has 0 saturated carbocycles. The first-order valence-electron chi connectivity index (χ1n) is 5.11. The smallest absolute Gasteiger partial charge is 0.146 e. The lowest BCUT2D eigenvalue weighted by Crippen LogP contribution is -2.26. The lowest BCUT2D eigenvalue weighted by atomic mass is 10.2. The van der Waals surface area contributed by atoms with Crippen LogP contribution in [0.5, 0.6) is 5.75 Å². The quantitative estimate of drug-likeness (QED) is 0.592. The Morgan fingerprint density at radius 3 is 3.25 bits per heavy atom. The van der Waals surface area contributed by atoms with E-state index in [4.69, 9.17) is 15.2 Å². The van der Waals surface area contributed by atoms with Crippen molar-refractivity contribution in [2.24, 2.45) is 4.99 Å². The summed E-state index contributed by atoms with van der Waals surface area (Å²) in [5.41, 5.74) is 7.26. The molecule has 1 heterocycles. The van der Waals surface area contributed by atoms with E-state index in [1.165, 1.54) is 0 Å². The second-order valence-electron chi connectivity index (χ2n) is 3.49. The van der Waals surface area contributed by atoms with Crippen LogP contribution in [-0.2, 0) is 4.74 Å². The lowest BCUT2D eigenvalue weighted by molar-refractivity contribution is 0.208. The number of nitrogen functional groups attached to an aromatic ring is 1. The Hall–Kier alpha value is -1.75. The summed E-state index contributed by atoms with van der Waals surface area (Å²) >= 11 is 0. The van der Waals surface area contributed by atoms with Crippen LogP contribution in [0.1, 0.15) is 0 Å². The van der Waals surface area contributed by atoms with Gasteiger partial charge in [0.05, 0.1) is 18.8 Å². The van der Waals surface area contributed by atoms with Crippen LogP contribution in [0.15, 0.2) is 23.2 Å². The molecule has 5 nitrogen and oxygen atoms in total. The van der Waals surface area contributed by atoms with E-state index in [0.717, 1.165) is 17.3 Å². The molecule has 2 rings (SSSR count). The summed E-state index contributed by atoms with van der Waals surface area (Å²) < 4.78 is 10.5. The monoisotopic (exact) mass is 221 g/mol. The van der Waals surface area contributed by atoms with Crippen LogP contribution in [-0.4, -0.2) is 32.7 Å². The first kappa shape index (κ1) is 10.8. The highest BCUT2D eigenvalue weighted by atomic mass is 16.5. The maximum absolute atomic E-state index is 5.69. The van der Waals surface area contributed by atoms with Crippen LogP contribution in [0.3, 0.4) is 0 Å². The molecule has 0 spiro atoms. The van der Waals surface area contributed by atoms with Crippen molar-refractivity contribution in [1.29, 1.82) is 0 Å². The number of amidine groups is 1. The Balaban J connectivity index is 2.07. The van der Waals surface area contributed by atoms with E-state index in [-0.39, 0.29) is 0 Å². The van der Waals surface area contributed by atoms with Gasteiger partial charge < -0.3 is 20.5 Å². The van der Waals surface area contributed by atoms with Crippen molar-refractivity contribution in [3.63, 3.8) is 0 Å². The number of nitrogens with one attached hydrogen (secondary N) is 1. The molecule has 0 saturated heterocycles. The molecular weight excluding hydrogens is 206 g/mol. The molecule has 0 unspecified atom stereocenters. The highest BCUT2D eigenvalue weighted by Gasteiger charge is 2.13. The molecule has 0 fully saturated rings. The number of nitrogens with two attached hydrogens (primary N) is 1. The van der Waals surface area contributed by atoms with Gasteiger partial charge in [-0.2, -0.15) is 0 Å². The van der Waals surface area contributed by atoms with Gasteiger partial charge in [-0.25, -0.2) is 0 Å². The van der Waals surface area contributed by atoms with Gasteiger partial charge in [0.1, 0.15) is 18.2 Å².